The monoisotopic (exact) mass is 640 g/mol. The number of hydrogen-bond donors (Lipinski definition) is 0. The largest absolute Gasteiger partial charge is 0.256 e. The summed E-state index contributed by atoms with van der Waals surface area (Å²) < 4.78 is 0. The number of nitrogens with zero attached hydrogens (tertiary/aromatic N) is 4. The number of rotatable bonds is 6. The van der Waals surface area contributed by atoms with Crippen LogP contribution in [0.1, 0.15) is 12.5 Å². The molecule has 0 atom stereocenters. The number of fused-ring (bicyclic) bond motifs is 3. The minimum Gasteiger partial charge on any atom is -0.256 e. The highest BCUT2D eigenvalue weighted by Crippen LogP contribution is 2.45. The lowest BCUT2D eigenvalue weighted by atomic mass is 9.85. The van der Waals surface area contributed by atoms with E-state index in [2.05, 4.69) is 116 Å². The lowest BCUT2D eigenvalue weighted by Gasteiger charge is -2.18. The topological polar surface area (TPSA) is 51.6 Å². The van der Waals surface area contributed by atoms with Crippen molar-refractivity contribution in [3.63, 3.8) is 0 Å². The Morgan fingerprint density at radius 3 is 1.52 bits per heavy atom. The molecule has 236 valence electrons. The molecule has 4 heteroatoms. The van der Waals surface area contributed by atoms with Crippen LogP contribution < -0.4 is 0 Å². The zero-order valence-electron chi connectivity index (χ0n) is 27.6. The van der Waals surface area contributed by atoms with E-state index >= 15 is 0 Å². The van der Waals surface area contributed by atoms with Crippen molar-refractivity contribution in [1.29, 1.82) is 0 Å². The van der Waals surface area contributed by atoms with Crippen molar-refractivity contribution in [2.24, 2.45) is 0 Å². The van der Waals surface area contributed by atoms with Crippen molar-refractivity contribution >= 4 is 32.6 Å². The van der Waals surface area contributed by atoms with Gasteiger partial charge in [-0.1, -0.05) is 122 Å². The number of aromatic nitrogens is 4. The first-order valence-corrected chi connectivity index (χ1v) is 17.0. The Hall–Kier alpha value is -6.52. The molecule has 0 radical (unpaired) electrons. The summed E-state index contributed by atoms with van der Waals surface area (Å²) in [6, 6.07) is 51.0. The minimum atomic E-state index is 0.847. The van der Waals surface area contributed by atoms with Gasteiger partial charge in [-0.2, -0.15) is 0 Å². The van der Waals surface area contributed by atoms with Crippen LogP contribution in [0.3, 0.4) is 0 Å². The van der Waals surface area contributed by atoms with Gasteiger partial charge in [-0.05, 0) is 75.0 Å². The molecule has 9 aromatic rings. The Morgan fingerprint density at radius 2 is 0.940 bits per heavy atom. The maximum Gasteiger partial charge on any atom is 0.0897 e. The number of pyridine rings is 2. The van der Waals surface area contributed by atoms with Crippen molar-refractivity contribution in [2.45, 2.75) is 13.3 Å². The molecule has 3 aromatic heterocycles. The van der Waals surface area contributed by atoms with Gasteiger partial charge in [0.15, 0.2) is 0 Å². The third-order valence-electron chi connectivity index (χ3n) is 9.58. The van der Waals surface area contributed by atoms with E-state index in [9.17, 15) is 0 Å². The molecule has 0 aliphatic rings. The van der Waals surface area contributed by atoms with E-state index < -0.39 is 0 Å². The summed E-state index contributed by atoms with van der Waals surface area (Å²) in [4.78, 5) is 19.8. The van der Waals surface area contributed by atoms with Crippen molar-refractivity contribution in [2.75, 3.05) is 0 Å². The molecule has 0 aliphatic carbocycles. The van der Waals surface area contributed by atoms with Crippen LogP contribution >= 0.6 is 0 Å². The van der Waals surface area contributed by atoms with E-state index in [1.165, 1.54) is 10.9 Å². The quantitative estimate of drug-likeness (QED) is 0.170. The van der Waals surface area contributed by atoms with Crippen molar-refractivity contribution in [1.82, 2.24) is 19.9 Å². The average molecular weight is 641 g/mol. The van der Waals surface area contributed by atoms with E-state index in [1.807, 2.05) is 55.0 Å². The maximum absolute atomic E-state index is 5.11. The molecule has 0 amide bonds. The first kappa shape index (κ1) is 29.6. The molecule has 0 unspecified atom stereocenters. The van der Waals surface area contributed by atoms with E-state index in [4.69, 9.17) is 19.9 Å². The molecule has 0 N–H and O–H groups in total. The Bertz CT molecular complexity index is 2650. The molecule has 0 saturated carbocycles. The van der Waals surface area contributed by atoms with Crippen LogP contribution in [0.25, 0.3) is 88.6 Å². The van der Waals surface area contributed by atoms with Crippen molar-refractivity contribution < 1.29 is 0 Å². The third-order valence-corrected chi connectivity index (χ3v) is 9.58. The predicted octanol–water partition coefficient (Wildman–Crippen LogP) is 11.6. The molecular weight excluding hydrogens is 609 g/mol. The fraction of sp³-hybridized carbons (Fsp3) is 0.0435. The second-order valence-corrected chi connectivity index (χ2v) is 12.6. The lowest BCUT2D eigenvalue weighted by molar-refractivity contribution is 1.14. The molecule has 0 saturated heterocycles. The van der Waals surface area contributed by atoms with Gasteiger partial charge in [-0.15, -0.1) is 0 Å². The summed E-state index contributed by atoms with van der Waals surface area (Å²) >= 11 is 0. The van der Waals surface area contributed by atoms with E-state index in [0.717, 1.165) is 89.6 Å². The predicted molar refractivity (Wildman–Crippen MR) is 207 cm³/mol. The van der Waals surface area contributed by atoms with Gasteiger partial charge in [0.25, 0.3) is 0 Å². The maximum atomic E-state index is 5.11. The smallest absolute Gasteiger partial charge is 0.0897 e. The lowest BCUT2D eigenvalue weighted by Crippen LogP contribution is -1.94. The normalized spacial score (nSPS) is 11.4. The van der Waals surface area contributed by atoms with Crippen LogP contribution in [0, 0.1) is 0 Å². The average Bonchev–Trinajstić information content (AvgIpc) is 3.20. The Kier molecular flexibility index (Phi) is 7.40. The summed E-state index contributed by atoms with van der Waals surface area (Å²) in [7, 11) is 0. The second-order valence-electron chi connectivity index (χ2n) is 12.6. The SMILES string of the molecule is CCc1ccc2ncc(-c3ccc4c(-c5ccc(-c6ccccc6)nc5)c5ccccc5c(-c5ccc(-c6ccccc6)nc5)c4c3)nc2c1. The number of benzene rings is 6. The summed E-state index contributed by atoms with van der Waals surface area (Å²) in [6.07, 6.45) is 6.86. The molecule has 6 aromatic carbocycles. The van der Waals surface area contributed by atoms with Crippen LogP contribution in [0.2, 0.25) is 0 Å². The van der Waals surface area contributed by atoms with Gasteiger partial charge >= 0.3 is 0 Å². The van der Waals surface area contributed by atoms with Crippen LogP contribution in [-0.4, -0.2) is 19.9 Å². The summed E-state index contributed by atoms with van der Waals surface area (Å²) in [5.74, 6) is 0. The second kappa shape index (κ2) is 12.5. The van der Waals surface area contributed by atoms with Crippen molar-refractivity contribution in [3.05, 3.63) is 170 Å². The van der Waals surface area contributed by atoms with Gasteiger partial charge in [-0.3, -0.25) is 15.0 Å². The van der Waals surface area contributed by atoms with E-state index in [0.29, 0.717) is 0 Å². The van der Waals surface area contributed by atoms with Crippen LogP contribution in [0.4, 0.5) is 0 Å². The van der Waals surface area contributed by atoms with Gasteiger partial charge in [-0.25, -0.2) is 4.98 Å². The Labute approximate surface area is 290 Å². The number of hydrogen-bond acceptors (Lipinski definition) is 4. The third kappa shape index (κ3) is 5.28. The Morgan fingerprint density at radius 1 is 0.380 bits per heavy atom. The molecule has 50 heavy (non-hydrogen) atoms. The molecule has 0 spiro atoms. The van der Waals surface area contributed by atoms with Gasteiger partial charge in [0.1, 0.15) is 0 Å². The highest BCUT2D eigenvalue weighted by molar-refractivity contribution is 6.21. The summed E-state index contributed by atoms with van der Waals surface area (Å²) in [5.41, 5.74) is 13.4. The van der Waals surface area contributed by atoms with Gasteiger partial charge in [0.2, 0.25) is 0 Å². The van der Waals surface area contributed by atoms with Crippen LogP contribution in [0.5, 0.6) is 0 Å². The van der Waals surface area contributed by atoms with Crippen molar-refractivity contribution in [3.8, 4) is 56.0 Å². The minimum absolute atomic E-state index is 0.847. The van der Waals surface area contributed by atoms with Crippen LogP contribution in [-0.2, 0) is 6.42 Å². The van der Waals surface area contributed by atoms with Gasteiger partial charge < -0.3 is 0 Å². The summed E-state index contributed by atoms with van der Waals surface area (Å²) in [6.45, 7) is 2.16. The fourth-order valence-corrected chi connectivity index (χ4v) is 7.02. The zero-order valence-corrected chi connectivity index (χ0v) is 27.6. The standard InChI is InChI=1S/C46H32N4/c1-2-30-17-22-42-43(25-30)50-44(29-49-42)33-18-21-38-39(26-33)46(35-20-24-41(48-28-35)32-13-7-4-8-14-32)37-16-10-9-15-36(37)45(38)34-19-23-40(47-27-34)31-11-5-3-6-12-31/h3-29H,2H2,1H3. The molecule has 0 aliphatic heterocycles. The first-order chi connectivity index (χ1) is 24.7. The Balaban J connectivity index is 1.28. The van der Waals surface area contributed by atoms with E-state index in [1.54, 1.807) is 0 Å². The fourth-order valence-electron chi connectivity index (χ4n) is 7.02. The molecular formula is C46H32N4. The zero-order chi connectivity index (χ0) is 33.4. The van der Waals surface area contributed by atoms with E-state index in [-0.39, 0.29) is 0 Å². The molecule has 0 bridgehead atoms. The summed E-state index contributed by atoms with van der Waals surface area (Å²) in [5, 5.41) is 4.60. The number of aryl methyl sites for hydroxylation is 1. The molecule has 4 nitrogen and oxygen atoms in total. The first-order valence-electron chi connectivity index (χ1n) is 17.0. The van der Waals surface area contributed by atoms with Crippen LogP contribution in [0.15, 0.2) is 164 Å². The molecule has 9 rings (SSSR count). The molecule has 0 fully saturated rings. The highest BCUT2D eigenvalue weighted by Gasteiger charge is 2.19. The van der Waals surface area contributed by atoms with Gasteiger partial charge in [0.05, 0.1) is 34.3 Å². The van der Waals surface area contributed by atoms with Gasteiger partial charge in [0, 0.05) is 40.2 Å². The molecule has 3 heterocycles. The highest BCUT2D eigenvalue weighted by atomic mass is 14.8.